The Bertz CT molecular complexity index is 426. The van der Waals surface area contributed by atoms with Gasteiger partial charge in [-0.25, -0.2) is 0 Å². The highest BCUT2D eigenvalue weighted by atomic mass is 16.5. The highest BCUT2D eigenvalue weighted by molar-refractivity contribution is 5.41. The molecule has 20 heavy (non-hydrogen) atoms. The predicted octanol–water partition coefficient (Wildman–Crippen LogP) is 2.17. The van der Waals surface area contributed by atoms with Crippen LogP contribution in [-0.4, -0.2) is 54.7 Å². The molecule has 2 rings (SSSR count). The van der Waals surface area contributed by atoms with Gasteiger partial charge in [0.1, 0.15) is 0 Å². The zero-order valence-corrected chi connectivity index (χ0v) is 12.8. The van der Waals surface area contributed by atoms with Crippen LogP contribution in [0.2, 0.25) is 0 Å². The molecular weight excluding hydrogens is 252 g/mol. The summed E-state index contributed by atoms with van der Waals surface area (Å²) in [7, 11) is 1.59. The number of phenols is 1. The van der Waals surface area contributed by atoms with Gasteiger partial charge in [-0.1, -0.05) is 19.9 Å². The molecule has 0 aliphatic carbocycles. The molecule has 4 heteroatoms. The van der Waals surface area contributed by atoms with Crippen LogP contribution in [0.25, 0.3) is 0 Å². The van der Waals surface area contributed by atoms with Crippen LogP contribution in [0, 0.1) is 5.92 Å². The van der Waals surface area contributed by atoms with Crippen molar-refractivity contribution in [1.82, 2.24) is 9.80 Å². The first-order valence-corrected chi connectivity index (χ1v) is 7.39. The van der Waals surface area contributed by atoms with E-state index in [0.29, 0.717) is 5.75 Å². The molecule has 0 amide bonds. The van der Waals surface area contributed by atoms with E-state index >= 15 is 0 Å². The maximum Gasteiger partial charge on any atom is 0.160 e. The second kappa shape index (κ2) is 6.95. The summed E-state index contributed by atoms with van der Waals surface area (Å²) >= 11 is 0. The molecule has 0 atom stereocenters. The Morgan fingerprint density at radius 1 is 1.15 bits per heavy atom. The van der Waals surface area contributed by atoms with E-state index < -0.39 is 0 Å². The lowest BCUT2D eigenvalue weighted by Gasteiger charge is -2.35. The molecular formula is C16H26N2O2. The molecule has 0 aromatic heterocycles. The van der Waals surface area contributed by atoms with Crippen LogP contribution in [-0.2, 0) is 6.54 Å². The third-order valence-corrected chi connectivity index (χ3v) is 3.74. The van der Waals surface area contributed by atoms with Crippen LogP contribution >= 0.6 is 0 Å². The van der Waals surface area contributed by atoms with E-state index in [0.717, 1.165) is 38.6 Å². The summed E-state index contributed by atoms with van der Waals surface area (Å²) in [4.78, 5) is 5.00. The Labute approximate surface area is 122 Å². The molecule has 1 heterocycles. The Morgan fingerprint density at radius 3 is 2.40 bits per heavy atom. The molecule has 0 bridgehead atoms. The standard InChI is InChI=1S/C16H26N2O2/c1-13(2)11-17-6-8-18(9-7-17)12-14-4-5-15(19)16(10-14)20-3/h4-5,10,13,19H,6-9,11-12H2,1-3H3. The first-order chi connectivity index (χ1) is 9.58. The quantitative estimate of drug-likeness (QED) is 0.895. The zero-order valence-electron chi connectivity index (χ0n) is 12.8. The minimum absolute atomic E-state index is 0.206. The van der Waals surface area contributed by atoms with Gasteiger partial charge in [0.25, 0.3) is 0 Å². The van der Waals surface area contributed by atoms with E-state index in [1.54, 1.807) is 13.2 Å². The fourth-order valence-electron chi connectivity index (χ4n) is 2.72. The van der Waals surface area contributed by atoms with E-state index in [-0.39, 0.29) is 5.75 Å². The predicted molar refractivity (Wildman–Crippen MR) is 81.2 cm³/mol. The molecule has 1 fully saturated rings. The monoisotopic (exact) mass is 278 g/mol. The molecule has 4 nitrogen and oxygen atoms in total. The topological polar surface area (TPSA) is 35.9 Å². The number of hydrogen-bond donors (Lipinski definition) is 1. The Morgan fingerprint density at radius 2 is 1.80 bits per heavy atom. The van der Waals surface area contributed by atoms with E-state index in [4.69, 9.17) is 4.74 Å². The van der Waals surface area contributed by atoms with Crippen molar-refractivity contribution >= 4 is 0 Å². The fourth-order valence-corrected chi connectivity index (χ4v) is 2.72. The number of hydrogen-bond acceptors (Lipinski definition) is 4. The molecule has 1 saturated heterocycles. The number of phenolic OH excluding ortho intramolecular Hbond substituents is 1. The van der Waals surface area contributed by atoms with Crippen LogP contribution in [0.5, 0.6) is 11.5 Å². The summed E-state index contributed by atoms with van der Waals surface area (Å²) in [6, 6.07) is 5.61. The second-order valence-electron chi connectivity index (χ2n) is 5.98. The van der Waals surface area contributed by atoms with Gasteiger partial charge in [-0.05, 0) is 23.6 Å². The summed E-state index contributed by atoms with van der Waals surface area (Å²) in [5.41, 5.74) is 1.19. The van der Waals surface area contributed by atoms with Crippen molar-refractivity contribution < 1.29 is 9.84 Å². The summed E-state index contributed by atoms with van der Waals surface area (Å²) in [6.45, 7) is 11.2. The van der Waals surface area contributed by atoms with Crippen LogP contribution in [0.15, 0.2) is 18.2 Å². The summed E-state index contributed by atoms with van der Waals surface area (Å²) in [5, 5.41) is 9.61. The van der Waals surface area contributed by atoms with Crippen LogP contribution in [0.1, 0.15) is 19.4 Å². The molecule has 1 aliphatic rings. The maximum absolute atomic E-state index is 9.61. The average Bonchev–Trinajstić information content (AvgIpc) is 2.42. The lowest BCUT2D eigenvalue weighted by atomic mass is 10.1. The molecule has 1 N–H and O–H groups in total. The Balaban J connectivity index is 1.86. The highest BCUT2D eigenvalue weighted by Gasteiger charge is 2.17. The number of methoxy groups -OCH3 is 1. The third-order valence-electron chi connectivity index (χ3n) is 3.74. The number of ether oxygens (including phenoxy) is 1. The maximum atomic E-state index is 9.61. The van der Waals surface area contributed by atoms with Gasteiger partial charge in [0, 0.05) is 39.3 Å². The number of benzene rings is 1. The molecule has 1 aliphatic heterocycles. The highest BCUT2D eigenvalue weighted by Crippen LogP contribution is 2.26. The van der Waals surface area contributed by atoms with Crippen molar-refractivity contribution in [3.8, 4) is 11.5 Å². The van der Waals surface area contributed by atoms with Crippen molar-refractivity contribution in [1.29, 1.82) is 0 Å². The van der Waals surface area contributed by atoms with Gasteiger partial charge in [0.15, 0.2) is 11.5 Å². The van der Waals surface area contributed by atoms with Crippen molar-refractivity contribution in [3.63, 3.8) is 0 Å². The molecule has 0 unspecified atom stereocenters. The van der Waals surface area contributed by atoms with Gasteiger partial charge < -0.3 is 14.7 Å². The van der Waals surface area contributed by atoms with Gasteiger partial charge in [0.2, 0.25) is 0 Å². The van der Waals surface area contributed by atoms with Crippen LogP contribution in [0.3, 0.4) is 0 Å². The largest absolute Gasteiger partial charge is 0.504 e. The lowest BCUT2D eigenvalue weighted by molar-refractivity contribution is 0.117. The van der Waals surface area contributed by atoms with Crippen molar-refractivity contribution in [2.24, 2.45) is 5.92 Å². The first kappa shape index (κ1) is 15.1. The van der Waals surface area contributed by atoms with Crippen LogP contribution in [0.4, 0.5) is 0 Å². The number of piperazine rings is 1. The molecule has 112 valence electrons. The third kappa shape index (κ3) is 4.12. The second-order valence-corrected chi connectivity index (χ2v) is 5.98. The van der Waals surface area contributed by atoms with E-state index in [1.807, 2.05) is 12.1 Å². The minimum atomic E-state index is 0.206. The number of nitrogens with zero attached hydrogens (tertiary/aromatic N) is 2. The number of rotatable bonds is 5. The normalized spacial score (nSPS) is 17.6. The van der Waals surface area contributed by atoms with Gasteiger partial charge in [-0.2, -0.15) is 0 Å². The van der Waals surface area contributed by atoms with Gasteiger partial charge >= 0.3 is 0 Å². The van der Waals surface area contributed by atoms with Crippen molar-refractivity contribution in [2.45, 2.75) is 20.4 Å². The van der Waals surface area contributed by atoms with E-state index in [1.165, 1.54) is 12.1 Å². The van der Waals surface area contributed by atoms with Gasteiger partial charge in [-0.3, -0.25) is 4.90 Å². The SMILES string of the molecule is COc1cc(CN2CCN(CC(C)C)CC2)ccc1O. The minimum Gasteiger partial charge on any atom is -0.504 e. The summed E-state index contributed by atoms with van der Waals surface area (Å²) in [6.07, 6.45) is 0. The zero-order chi connectivity index (χ0) is 14.5. The lowest BCUT2D eigenvalue weighted by Crippen LogP contribution is -2.46. The van der Waals surface area contributed by atoms with Gasteiger partial charge in [0.05, 0.1) is 7.11 Å². The smallest absolute Gasteiger partial charge is 0.160 e. The van der Waals surface area contributed by atoms with E-state index in [9.17, 15) is 5.11 Å². The molecule has 0 spiro atoms. The van der Waals surface area contributed by atoms with Crippen molar-refractivity contribution in [2.75, 3.05) is 39.8 Å². The molecule has 0 saturated carbocycles. The first-order valence-electron chi connectivity index (χ1n) is 7.39. The van der Waals surface area contributed by atoms with Crippen LogP contribution < -0.4 is 4.74 Å². The van der Waals surface area contributed by atoms with Gasteiger partial charge in [-0.15, -0.1) is 0 Å². The molecule has 1 aromatic rings. The molecule has 1 aromatic carbocycles. The Kier molecular flexibility index (Phi) is 5.26. The number of aromatic hydroxyl groups is 1. The molecule has 0 radical (unpaired) electrons. The summed E-state index contributed by atoms with van der Waals surface area (Å²) in [5.74, 6) is 1.50. The van der Waals surface area contributed by atoms with Crippen molar-refractivity contribution in [3.05, 3.63) is 23.8 Å². The Hall–Kier alpha value is -1.26. The summed E-state index contributed by atoms with van der Waals surface area (Å²) < 4.78 is 5.16. The van der Waals surface area contributed by atoms with E-state index in [2.05, 4.69) is 23.6 Å². The fraction of sp³-hybridized carbons (Fsp3) is 0.625. The average molecular weight is 278 g/mol.